The van der Waals surface area contributed by atoms with Crippen molar-refractivity contribution in [2.75, 3.05) is 26.2 Å². The molecule has 0 N–H and O–H groups in total. The molecule has 1 aliphatic rings. The average Bonchev–Trinajstić information content (AvgIpc) is 2.70. The van der Waals surface area contributed by atoms with E-state index in [1.54, 1.807) is 23.0 Å². The molecule has 0 amide bonds. The maximum Gasteiger partial charge on any atom is 0.246 e. The minimum absolute atomic E-state index is 0.327. The zero-order valence-electron chi connectivity index (χ0n) is 12.0. The highest BCUT2D eigenvalue weighted by molar-refractivity contribution is 7.89. The minimum Gasteiger partial charge on any atom is -0.298 e. The standard InChI is InChI=1S/C12H22N4O2S/c1-10(2)15-5-7-16(8-6-15)19(17,18)12-9-13-14(4)11(12)3/h9-10H,5-8H2,1-4H3. The van der Waals surface area contributed by atoms with E-state index in [1.807, 2.05) is 0 Å². The Hall–Kier alpha value is -0.920. The normalized spacial score (nSPS) is 19.2. The second kappa shape index (κ2) is 5.22. The van der Waals surface area contributed by atoms with Gasteiger partial charge in [0.25, 0.3) is 0 Å². The van der Waals surface area contributed by atoms with Crippen molar-refractivity contribution in [3.63, 3.8) is 0 Å². The van der Waals surface area contributed by atoms with Gasteiger partial charge in [0.15, 0.2) is 0 Å². The van der Waals surface area contributed by atoms with Crippen LogP contribution in [0.2, 0.25) is 0 Å². The Bertz CT molecular complexity index is 542. The predicted octanol–water partition coefficient (Wildman–Crippen LogP) is 0.443. The molecule has 0 bridgehead atoms. The maximum atomic E-state index is 12.6. The summed E-state index contributed by atoms with van der Waals surface area (Å²) in [6, 6.07) is 0.463. The van der Waals surface area contributed by atoms with Gasteiger partial charge >= 0.3 is 0 Å². The fourth-order valence-corrected chi connectivity index (χ4v) is 3.94. The van der Waals surface area contributed by atoms with E-state index in [0.717, 1.165) is 13.1 Å². The van der Waals surface area contributed by atoms with Crippen LogP contribution in [0.4, 0.5) is 0 Å². The van der Waals surface area contributed by atoms with Crippen LogP contribution in [0, 0.1) is 6.92 Å². The van der Waals surface area contributed by atoms with Crippen LogP contribution in [0.15, 0.2) is 11.1 Å². The van der Waals surface area contributed by atoms with E-state index in [4.69, 9.17) is 0 Å². The van der Waals surface area contributed by atoms with Gasteiger partial charge < -0.3 is 0 Å². The number of rotatable bonds is 3. The second-order valence-corrected chi connectivity index (χ2v) is 7.16. The van der Waals surface area contributed by atoms with Crippen molar-refractivity contribution in [2.24, 2.45) is 7.05 Å². The number of hydrogen-bond acceptors (Lipinski definition) is 4. The summed E-state index contributed by atoms with van der Waals surface area (Å²) in [4.78, 5) is 2.62. The Balaban J connectivity index is 2.17. The third-order valence-electron chi connectivity index (χ3n) is 3.81. The Morgan fingerprint density at radius 3 is 2.21 bits per heavy atom. The zero-order valence-corrected chi connectivity index (χ0v) is 12.8. The van der Waals surface area contributed by atoms with Gasteiger partial charge in [-0.15, -0.1) is 0 Å². The number of hydrogen-bond donors (Lipinski definition) is 0. The molecule has 2 heterocycles. The molecule has 1 saturated heterocycles. The molecule has 0 aliphatic carbocycles. The van der Waals surface area contributed by atoms with E-state index in [0.29, 0.717) is 29.7 Å². The van der Waals surface area contributed by atoms with E-state index in [9.17, 15) is 8.42 Å². The SMILES string of the molecule is Cc1c(S(=O)(=O)N2CCN(C(C)C)CC2)cnn1C. The van der Waals surface area contributed by atoms with Crippen LogP contribution in [0.5, 0.6) is 0 Å². The largest absolute Gasteiger partial charge is 0.298 e. The molecule has 6 nitrogen and oxygen atoms in total. The highest BCUT2D eigenvalue weighted by Crippen LogP contribution is 2.20. The number of piperazine rings is 1. The monoisotopic (exact) mass is 286 g/mol. The van der Waals surface area contributed by atoms with Crippen LogP contribution in [-0.2, 0) is 17.1 Å². The summed E-state index contributed by atoms with van der Waals surface area (Å²) in [6.45, 7) is 8.73. The Morgan fingerprint density at radius 2 is 1.79 bits per heavy atom. The van der Waals surface area contributed by atoms with Crippen LogP contribution >= 0.6 is 0 Å². The van der Waals surface area contributed by atoms with E-state index >= 15 is 0 Å². The fourth-order valence-electron chi connectivity index (χ4n) is 2.33. The molecule has 1 aromatic heterocycles. The van der Waals surface area contributed by atoms with Crippen molar-refractivity contribution < 1.29 is 8.42 Å². The number of aromatic nitrogens is 2. The first-order chi connectivity index (χ1) is 8.84. The van der Waals surface area contributed by atoms with Crippen LogP contribution in [0.3, 0.4) is 0 Å². The third-order valence-corrected chi connectivity index (χ3v) is 5.81. The van der Waals surface area contributed by atoms with Crippen LogP contribution in [0.25, 0.3) is 0 Å². The fraction of sp³-hybridized carbons (Fsp3) is 0.750. The summed E-state index contributed by atoms with van der Waals surface area (Å²) in [5.41, 5.74) is 0.686. The first-order valence-corrected chi connectivity index (χ1v) is 8.01. The number of nitrogens with zero attached hydrogens (tertiary/aromatic N) is 4. The van der Waals surface area contributed by atoms with Gasteiger partial charge in [0.2, 0.25) is 10.0 Å². The van der Waals surface area contributed by atoms with Crippen LogP contribution in [0.1, 0.15) is 19.5 Å². The van der Waals surface area contributed by atoms with E-state index in [2.05, 4.69) is 23.8 Å². The van der Waals surface area contributed by atoms with Gasteiger partial charge in [-0.05, 0) is 20.8 Å². The topological polar surface area (TPSA) is 58.4 Å². The molecule has 0 atom stereocenters. The highest BCUT2D eigenvalue weighted by atomic mass is 32.2. The molecule has 0 radical (unpaired) electrons. The lowest BCUT2D eigenvalue weighted by Gasteiger charge is -2.36. The van der Waals surface area contributed by atoms with Crippen molar-refractivity contribution in [1.29, 1.82) is 0 Å². The molecule has 1 aromatic rings. The summed E-state index contributed by atoms with van der Waals surface area (Å²) in [7, 11) is -1.64. The Morgan fingerprint density at radius 1 is 1.21 bits per heavy atom. The van der Waals surface area contributed by atoms with Crippen LogP contribution < -0.4 is 0 Å². The smallest absolute Gasteiger partial charge is 0.246 e. The molecule has 1 fully saturated rings. The summed E-state index contributed by atoms with van der Waals surface area (Å²) in [5, 5.41) is 4.02. The molecule has 0 saturated carbocycles. The first kappa shape index (κ1) is 14.5. The second-order valence-electron chi connectivity index (χ2n) is 5.25. The van der Waals surface area contributed by atoms with Crippen molar-refractivity contribution >= 4 is 10.0 Å². The lowest BCUT2D eigenvalue weighted by Crippen LogP contribution is -2.50. The maximum absolute atomic E-state index is 12.6. The molecule has 0 unspecified atom stereocenters. The first-order valence-electron chi connectivity index (χ1n) is 6.57. The molecule has 2 rings (SSSR count). The molecule has 0 spiro atoms. The molecule has 7 heteroatoms. The summed E-state index contributed by atoms with van der Waals surface area (Å²) in [6.07, 6.45) is 1.44. The van der Waals surface area contributed by atoms with E-state index < -0.39 is 10.0 Å². The van der Waals surface area contributed by atoms with Gasteiger partial charge in [-0.1, -0.05) is 0 Å². The summed E-state index contributed by atoms with van der Waals surface area (Å²) < 4.78 is 28.3. The van der Waals surface area contributed by atoms with Gasteiger partial charge in [-0.25, -0.2) is 8.42 Å². The van der Waals surface area contributed by atoms with Crippen LogP contribution in [-0.4, -0.2) is 59.6 Å². The number of sulfonamides is 1. The molecular formula is C12H22N4O2S. The lowest BCUT2D eigenvalue weighted by atomic mass is 10.3. The molecule has 1 aliphatic heterocycles. The van der Waals surface area contributed by atoms with E-state index in [1.165, 1.54) is 6.20 Å². The van der Waals surface area contributed by atoms with Gasteiger partial charge in [0.1, 0.15) is 4.90 Å². The predicted molar refractivity (Wildman–Crippen MR) is 73.4 cm³/mol. The minimum atomic E-state index is -3.40. The van der Waals surface area contributed by atoms with Gasteiger partial charge in [0.05, 0.1) is 11.9 Å². The number of aryl methyl sites for hydroxylation is 1. The van der Waals surface area contributed by atoms with Crippen molar-refractivity contribution in [1.82, 2.24) is 19.0 Å². The van der Waals surface area contributed by atoms with E-state index in [-0.39, 0.29) is 0 Å². The highest BCUT2D eigenvalue weighted by Gasteiger charge is 2.31. The lowest BCUT2D eigenvalue weighted by molar-refractivity contribution is 0.154. The molecule has 19 heavy (non-hydrogen) atoms. The zero-order chi connectivity index (χ0) is 14.2. The molecular weight excluding hydrogens is 264 g/mol. The van der Waals surface area contributed by atoms with Gasteiger partial charge in [-0.2, -0.15) is 9.40 Å². The average molecular weight is 286 g/mol. The van der Waals surface area contributed by atoms with Gasteiger partial charge in [-0.3, -0.25) is 9.58 Å². The molecule has 0 aromatic carbocycles. The quantitative estimate of drug-likeness (QED) is 0.809. The Labute approximate surface area is 115 Å². The van der Waals surface area contributed by atoms with Crippen molar-refractivity contribution in [3.8, 4) is 0 Å². The Kier molecular flexibility index (Phi) is 3.98. The molecule has 108 valence electrons. The summed E-state index contributed by atoms with van der Waals surface area (Å²) >= 11 is 0. The van der Waals surface area contributed by atoms with Gasteiger partial charge in [0, 0.05) is 39.3 Å². The van der Waals surface area contributed by atoms with Crippen molar-refractivity contribution in [2.45, 2.75) is 31.7 Å². The summed E-state index contributed by atoms with van der Waals surface area (Å²) in [5.74, 6) is 0. The van der Waals surface area contributed by atoms with Crippen molar-refractivity contribution in [3.05, 3.63) is 11.9 Å². The third kappa shape index (κ3) is 2.68.